The van der Waals surface area contributed by atoms with E-state index in [0.717, 1.165) is 29.9 Å². The highest BCUT2D eigenvalue weighted by Crippen LogP contribution is 2.48. The Bertz CT molecular complexity index is 319. The third-order valence-corrected chi connectivity index (χ3v) is 3.76. The first-order chi connectivity index (χ1) is 6.72. The maximum atomic E-state index is 4.67. The summed E-state index contributed by atoms with van der Waals surface area (Å²) in [7, 11) is 0. The van der Waals surface area contributed by atoms with Crippen molar-refractivity contribution < 1.29 is 0 Å². The molecule has 1 aromatic rings. The van der Waals surface area contributed by atoms with E-state index in [1.807, 2.05) is 0 Å². The van der Waals surface area contributed by atoms with Crippen molar-refractivity contribution in [1.82, 2.24) is 4.98 Å². The second kappa shape index (κ2) is 3.89. The van der Waals surface area contributed by atoms with Crippen LogP contribution < -0.4 is 5.32 Å². The summed E-state index contributed by atoms with van der Waals surface area (Å²) in [4.78, 5) is 6.07. The van der Waals surface area contributed by atoms with Gasteiger partial charge in [-0.3, -0.25) is 0 Å². The topological polar surface area (TPSA) is 24.9 Å². The smallest absolute Gasteiger partial charge is 0.183 e. The Balaban J connectivity index is 2.06. The van der Waals surface area contributed by atoms with Gasteiger partial charge in [0.05, 0.1) is 5.69 Å². The predicted molar refractivity (Wildman–Crippen MR) is 62.2 cm³/mol. The number of rotatable bonds is 4. The van der Waals surface area contributed by atoms with Gasteiger partial charge in [0.25, 0.3) is 0 Å². The number of hydrogen-bond donors (Lipinski definition) is 1. The highest BCUT2D eigenvalue weighted by atomic mass is 32.1. The van der Waals surface area contributed by atoms with Crippen LogP contribution in [0.3, 0.4) is 0 Å². The molecule has 78 valence electrons. The zero-order chi connectivity index (χ0) is 10.1. The van der Waals surface area contributed by atoms with Gasteiger partial charge in [-0.15, -0.1) is 11.3 Å². The standard InChI is InChI=1S/C11H18N2S/c1-4-5-12-11-13-10(8(3)14-11)9-6-7(9)2/h7,9H,4-6H2,1-3H3,(H,12,13). The van der Waals surface area contributed by atoms with E-state index >= 15 is 0 Å². The lowest BCUT2D eigenvalue weighted by Gasteiger charge is -1.97. The molecule has 0 bridgehead atoms. The van der Waals surface area contributed by atoms with Crippen LogP contribution in [-0.2, 0) is 0 Å². The molecule has 1 fully saturated rings. The van der Waals surface area contributed by atoms with Crippen LogP contribution in [0.5, 0.6) is 0 Å². The Morgan fingerprint density at radius 1 is 1.57 bits per heavy atom. The van der Waals surface area contributed by atoms with Gasteiger partial charge in [-0.2, -0.15) is 0 Å². The lowest BCUT2D eigenvalue weighted by atomic mass is 10.2. The molecule has 2 atom stereocenters. The first kappa shape index (κ1) is 9.97. The van der Waals surface area contributed by atoms with Crippen molar-refractivity contribution in [2.45, 2.75) is 39.5 Å². The maximum absolute atomic E-state index is 4.67. The number of aryl methyl sites for hydroxylation is 1. The predicted octanol–water partition coefficient (Wildman–Crippen LogP) is 3.40. The molecule has 2 unspecified atom stereocenters. The van der Waals surface area contributed by atoms with Gasteiger partial charge in [0.1, 0.15) is 0 Å². The summed E-state index contributed by atoms with van der Waals surface area (Å²) in [5.74, 6) is 1.61. The molecule has 0 radical (unpaired) electrons. The quantitative estimate of drug-likeness (QED) is 0.824. The molecule has 1 heterocycles. The molecule has 2 rings (SSSR count). The van der Waals surface area contributed by atoms with Crippen LogP contribution in [0.15, 0.2) is 0 Å². The third-order valence-electron chi connectivity index (χ3n) is 2.82. The summed E-state index contributed by atoms with van der Waals surface area (Å²) in [6.45, 7) is 7.71. The molecule has 1 saturated carbocycles. The van der Waals surface area contributed by atoms with Crippen LogP contribution in [0, 0.1) is 12.8 Å². The fourth-order valence-electron chi connectivity index (χ4n) is 1.76. The number of thiazole rings is 1. The van der Waals surface area contributed by atoms with E-state index in [2.05, 4.69) is 31.1 Å². The number of anilines is 1. The summed E-state index contributed by atoms with van der Waals surface area (Å²) in [5.41, 5.74) is 1.35. The second-order valence-electron chi connectivity index (χ2n) is 4.21. The van der Waals surface area contributed by atoms with Gasteiger partial charge >= 0.3 is 0 Å². The molecule has 1 aromatic heterocycles. The summed E-state index contributed by atoms with van der Waals surface area (Å²) in [6.07, 6.45) is 2.49. The largest absolute Gasteiger partial charge is 0.362 e. The van der Waals surface area contributed by atoms with Gasteiger partial charge in [0.15, 0.2) is 5.13 Å². The van der Waals surface area contributed by atoms with Crippen LogP contribution in [-0.4, -0.2) is 11.5 Å². The van der Waals surface area contributed by atoms with E-state index in [1.165, 1.54) is 17.0 Å². The van der Waals surface area contributed by atoms with E-state index in [0.29, 0.717) is 0 Å². The summed E-state index contributed by atoms with van der Waals surface area (Å²) < 4.78 is 0. The number of nitrogens with zero attached hydrogens (tertiary/aromatic N) is 1. The molecule has 14 heavy (non-hydrogen) atoms. The average molecular weight is 210 g/mol. The summed E-state index contributed by atoms with van der Waals surface area (Å²) in [5, 5.41) is 4.47. The minimum atomic E-state index is 0.753. The molecule has 2 nitrogen and oxygen atoms in total. The average Bonchev–Trinajstić information content (AvgIpc) is 2.75. The van der Waals surface area contributed by atoms with Gasteiger partial charge in [0.2, 0.25) is 0 Å². The molecule has 0 saturated heterocycles. The molecule has 0 spiro atoms. The SMILES string of the molecule is CCCNc1nc(C2CC2C)c(C)s1. The first-order valence-electron chi connectivity index (χ1n) is 5.43. The molecular weight excluding hydrogens is 192 g/mol. The van der Waals surface area contributed by atoms with Crippen molar-refractivity contribution in [2.75, 3.05) is 11.9 Å². The van der Waals surface area contributed by atoms with Crippen molar-refractivity contribution in [2.24, 2.45) is 5.92 Å². The minimum Gasteiger partial charge on any atom is -0.362 e. The number of nitrogens with one attached hydrogen (secondary N) is 1. The highest BCUT2D eigenvalue weighted by Gasteiger charge is 2.37. The summed E-state index contributed by atoms with van der Waals surface area (Å²) >= 11 is 1.80. The lowest BCUT2D eigenvalue weighted by Crippen LogP contribution is -1.98. The van der Waals surface area contributed by atoms with E-state index in [-0.39, 0.29) is 0 Å². The Kier molecular flexibility index (Phi) is 2.77. The number of aromatic nitrogens is 1. The van der Waals surface area contributed by atoms with Crippen LogP contribution >= 0.6 is 11.3 Å². The first-order valence-corrected chi connectivity index (χ1v) is 6.25. The lowest BCUT2D eigenvalue weighted by molar-refractivity contribution is 0.885. The minimum absolute atomic E-state index is 0.753. The second-order valence-corrected chi connectivity index (χ2v) is 5.41. The highest BCUT2D eigenvalue weighted by molar-refractivity contribution is 7.15. The van der Waals surface area contributed by atoms with Crippen LogP contribution in [0.1, 0.15) is 43.2 Å². The fourth-order valence-corrected chi connectivity index (χ4v) is 2.67. The molecular formula is C11H18N2S. The van der Waals surface area contributed by atoms with Gasteiger partial charge in [-0.05, 0) is 25.7 Å². The zero-order valence-electron chi connectivity index (χ0n) is 9.13. The van der Waals surface area contributed by atoms with Crippen LogP contribution in [0.4, 0.5) is 5.13 Å². The maximum Gasteiger partial charge on any atom is 0.183 e. The van der Waals surface area contributed by atoms with E-state index < -0.39 is 0 Å². The molecule has 0 aromatic carbocycles. The molecule has 3 heteroatoms. The van der Waals surface area contributed by atoms with Crippen molar-refractivity contribution in [3.05, 3.63) is 10.6 Å². The van der Waals surface area contributed by atoms with Crippen molar-refractivity contribution >= 4 is 16.5 Å². The fraction of sp³-hybridized carbons (Fsp3) is 0.727. The summed E-state index contributed by atoms with van der Waals surface area (Å²) in [6, 6.07) is 0. The zero-order valence-corrected chi connectivity index (χ0v) is 9.95. The van der Waals surface area contributed by atoms with Gasteiger partial charge in [-0.25, -0.2) is 4.98 Å². The Labute approximate surface area is 89.8 Å². The molecule has 1 aliphatic rings. The van der Waals surface area contributed by atoms with E-state index in [1.54, 1.807) is 11.3 Å². The Morgan fingerprint density at radius 2 is 2.29 bits per heavy atom. The Hall–Kier alpha value is -0.570. The van der Waals surface area contributed by atoms with Gasteiger partial charge in [0, 0.05) is 17.3 Å². The van der Waals surface area contributed by atoms with Gasteiger partial charge in [-0.1, -0.05) is 13.8 Å². The van der Waals surface area contributed by atoms with Gasteiger partial charge < -0.3 is 5.32 Å². The molecule has 0 amide bonds. The third kappa shape index (κ3) is 1.92. The monoisotopic (exact) mass is 210 g/mol. The van der Waals surface area contributed by atoms with Crippen LogP contribution in [0.25, 0.3) is 0 Å². The Morgan fingerprint density at radius 3 is 2.86 bits per heavy atom. The van der Waals surface area contributed by atoms with E-state index in [4.69, 9.17) is 0 Å². The normalized spacial score (nSPS) is 25.1. The number of hydrogen-bond acceptors (Lipinski definition) is 3. The molecule has 1 N–H and O–H groups in total. The van der Waals surface area contributed by atoms with Crippen molar-refractivity contribution in [3.8, 4) is 0 Å². The van der Waals surface area contributed by atoms with Crippen molar-refractivity contribution in [3.63, 3.8) is 0 Å². The van der Waals surface area contributed by atoms with Crippen molar-refractivity contribution in [1.29, 1.82) is 0 Å². The van der Waals surface area contributed by atoms with E-state index in [9.17, 15) is 0 Å². The van der Waals surface area contributed by atoms with Crippen LogP contribution in [0.2, 0.25) is 0 Å². The molecule has 1 aliphatic carbocycles. The molecule has 0 aliphatic heterocycles.